The monoisotopic (exact) mass is 374 g/mol. The predicted molar refractivity (Wildman–Crippen MR) is 108 cm³/mol. The van der Waals surface area contributed by atoms with E-state index in [2.05, 4.69) is 35.8 Å². The molecule has 0 aromatic carbocycles. The number of urea groups is 1. The molecule has 4 aromatic heterocycles. The van der Waals surface area contributed by atoms with E-state index in [-0.39, 0.29) is 0 Å². The van der Waals surface area contributed by atoms with Gasteiger partial charge in [0.1, 0.15) is 11.6 Å². The van der Waals surface area contributed by atoms with Crippen LogP contribution < -0.4 is 16.4 Å². The lowest BCUT2D eigenvalue weighted by atomic mass is 10.1. The van der Waals surface area contributed by atoms with Crippen LogP contribution in [0.2, 0.25) is 0 Å². The molecule has 4 heterocycles. The van der Waals surface area contributed by atoms with E-state index >= 15 is 0 Å². The van der Waals surface area contributed by atoms with Gasteiger partial charge in [-0.25, -0.2) is 14.8 Å². The highest BCUT2D eigenvalue weighted by atomic mass is 16.2. The number of carbonyl (C=O) groups is 1. The summed E-state index contributed by atoms with van der Waals surface area (Å²) in [5.41, 5.74) is 10.1. The summed E-state index contributed by atoms with van der Waals surface area (Å²) in [6.07, 6.45) is 6.62. The largest absolute Gasteiger partial charge is 0.383 e. The zero-order chi connectivity index (χ0) is 19.7. The van der Waals surface area contributed by atoms with Crippen molar-refractivity contribution in [2.45, 2.75) is 13.8 Å². The standard InChI is InChI=1S/C19H18N8O/c1-10-3-4-21-7-13(10)15-5-12-6-17(22-8-14(12)18(20)24-15)26-19(28)25-16-9-23-27-11(16)2/h3-9H,1-2H3,(H2,20,24)(H,23,27)(H2,22,25,26,28). The fourth-order valence-corrected chi connectivity index (χ4v) is 2.86. The Morgan fingerprint density at radius 2 is 2.00 bits per heavy atom. The Morgan fingerprint density at radius 1 is 1.14 bits per heavy atom. The molecule has 0 aliphatic rings. The van der Waals surface area contributed by atoms with Crippen molar-refractivity contribution in [1.29, 1.82) is 0 Å². The lowest BCUT2D eigenvalue weighted by molar-refractivity contribution is 0.262. The Morgan fingerprint density at radius 3 is 2.75 bits per heavy atom. The first-order chi connectivity index (χ1) is 13.5. The number of nitrogens with zero attached hydrogens (tertiary/aromatic N) is 4. The molecule has 0 saturated carbocycles. The number of aromatic nitrogens is 5. The first-order valence-electron chi connectivity index (χ1n) is 8.56. The predicted octanol–water partition coefficient (Wildman–Crippen LogP) is 3.26. The average Bonchev–Trinajstić information content (AvgIpc) is 3.06. The Bertz CT molecular complexity index is 1180. The van der Waals surface area contributed by atoms with Gasteiger partial charge in [0.05, 0.1) is 23.3 Å². The highest BCUT2D eigenvalue weighted by Gasteiger charge is 2.11. The summed E-state index contributed by atoms with van der Waals surface area (Å²) < 4.78 is 0. The first-order valence-corrected chi connectivity index (χ1v) is 8.56. The normalized spacial score (nSPS) is 10.8. The third-order valence-electron chi connectivity index (χ3n) is 4.38. The molecule has 9 heteroatoms. The van der Waals surface area contributed by atoms with Crippen molar-refractivity contribution < 1.29 is 4.79 Å². The maximum Gasteiger partial charge on any atom is 0.324 e. The van der Waals surface area contributed by atoms with Gasteiger partial charge < -0.3 is 11.1 Å². The zero-order valence-electron chi connectivity index (χ0n) is 15.3. The van der Waals surface area contributed by atoms with Crippen molar-refractivity contribution in [2.24, 2.45) is 0 Å². The maximum absolute atomic E-state index is 12.2. The van der Waals surface area contributed by atoms with Crippen molar-refractivity contribution in [3.8, 4) is 11.3 Å². The van der Waals surface area contributed by atoms with E-state index in [4.69, 9.17) is 5.73 Å². The van der Waals surface area contributed by atoms with Gasteiger partial charge in [0.2, 0.25) is 0 Å². The molecular formula is C19H18N8O. The van der Waals surface area contributed by atoms with Crippen LogP contribution in [-0.2, 0) is 0 Å². The molecule has 0 aliphatic heterocycles. The Balaban J connectivity index is 1.65. The van der Waals surface area contributed by atoms with E-state index in [1.54, 1.807) is 24.7 Å². The minimum atomic E-state index is -0.415. The van der Waals surface area contributed by atoms with E-state index in [1.807, 2.05) is 26.0 Å². The van der Waals surface area contributed by atoms with Gasteiger partial charge >= 0.3 is 6.03 Å². The van der Waals surface area contributed by atoms with Crippen LogP contribution in [0.25, 0.3) is 22.0 Å². The number of nitrogens with one attached hydrogen (secondary N) is 3. The van der Waals surface area contributed by atoms with Crippen LogP contribution in [0.3, 0.4) is 0 Å². The van der Waals surface area contributed by atoms with Gasteiger partial charge in [0.15, 0.2) is 0 Å². The SMILES string of the molecule is Cc1ccncc1-c1cc2cc(NC(=O)Nc3cn[nH]c3C)ncc2c(N)n1. The van der Waals surface area contributed by atoms with Crippen LogP contribution in [0.4, 0.5) is 22.1 Å². The molecule has 9 nitrogen and oxygen atoms in total. The number of fused-ring (bicyclic) bond motifs is 1. The summed E-state index contributed by atoms with van der Waals surface area (Å²) in [6, 6.07) is 5.16. The Hall–Kier alpha value is -4.01. The lowest BCUT2D eigenvalue weighted by Crippen LogP contribution is -2.20. The summed E-state index contributed by atoms with van der Waals surface area (Å²) in [6.45, 7) is 3.80. The molecule has 0 aliphatic carbocycles. The molecule has 0 radical (unpaired) electrons. The number of pyridine rings is 3. The molecule has 0 spiro atoms. The van der Waals surface area contributed by atoms with Crippen LogP contribution >= 0.6 is 0 Å². The second-order valence-corrected chi connectivity index (χ2v) is 6.36. The van der Waals surface area contributed by atoms with Gasteiger partial charge in [-0.05, 0) is 43.0 Å². The number of nitrogens with two attached hydrogens (primary N) is 1. The van der Waals surface area contributed by atoms with Crippen LogP contribution in [0.5, 0.6) is 0 Å². The van der Waals surface area contributed by atoms with Crippen LogP contribution in [-0.4, -0.2) is 31.2 Å². The van der Waals surface area contributed by atoms with Crippen molar-refractivity contribution in [2.75, 3.05) is 16.4 Å². The number of aromatic amines is 1. The maximum atomic E-state index is 12.2. The quantitative estimate of drug-likeness (QED) is 0.435. The van der Waals surface area contributed by atoms with E-state index in [1.165, 1.54) is 6.20 Å². The van der Waals surface area contributed by atoms with Gasteiger partial charge in [0, 0.05) is 29.5 Å². The lowest BCUT2D eigenvalue weighted by Gasteiger charge is -2.10. The van der Waals surface area contributed by atoms with Gasteiger partial charge in [-0.3, -0.25) is 15.4 Å². The van der Waals surface area contributed by atoms with Crippen molar-refractivity contribution in [1.82, 2.24) is 25.1 Å². The molecule has 0 saturated heterocycles. The Labute approximate surface area is 160 Å². The minimum Gasteiger partial charge on any atom is -0.383 e. The number of nitrogen functional groups attached to an aromatic ring is 1. The number of H-pyrrole nitrogens is 1. The summed E-state index contributed by atoms with van der Waals surface area (Å²) >= 11 is 0. The first kappa shape index (κ1) is 17.4. The molecule has 2 amide bonds. The number of hydrogen-bond acceptors (Lipinski definition) is 6. The van der Waals surface area contributed by atoms with Crippen molar-refractivity contribution in [3.05, 3.63) is 54.2 Å². The van der Waals surface area contributed by atoms with Gasteiger partial charge in [-0.1, -0.05) is 0 Å². The molecule has 0 unspecified atom stereocenters. The topological polar surface area (TPSA) is 134 Å². The fraction of sp³-hybridized carbons (Fsp3) is 0.105. The highest BCUT2D eigenvalue weighted by molar-refractivity contribution is 6.01. The zero-order valence-corrected chi connectivity index (χ0v) is 15.3. The molecule has 0 bridgehead atoms. The van der Waals surface area contributed by atoms with Gasteiger partial charge in [-0.15, -0.1) is 0 Å². The van der Waals surface area contributed by atoms with Crippen LogP contribution in [0.15, 0.2) is 43.0 Å². The van der Waals surface area contributed by atoms with Gasteiger partial charge in [-0.2, -0.15) is 5.10 Å². The number of anilines is 3. The number of hydrogen-bond donors (Lipinski definition) is 4. The smallest absolute Gasteiger partial charge is 0.324 e. The molecule has 5 N–H and O–H groups in total. The number of amides is 2. The van der Waals surface area contributed by atoms with E-state index < -0.39 is 6.03 Å². The number of rotatable bonds is 3. The molecule has 0 atom stereocenters. The highest BCUT2D eigenvalue weighted by Crippen LogP contribution is 2.28. The van der Waals surface area contributed by atoms with E-state index in [0.29, 0.717) is 28.4 Å². The number of carbonyl (C=O) groups excluding carboxylic acids is 1. The molecule has 28 heavy (non-hydrogen) atoms. The van der Waals surface area contributed by atoms with Crippen molar-refractivity contribution in [3.63, 3.8) is 0 Å². The summed E-state index contributed by atoms with van der Waals surface area (Å²) in [5, 5.41) is 13.6. The van der Waals surface area contributed by atoms with E-state index in [0.717, 1.165) is 22.2 Å². The van der Waals surface area contributed by atoms with Crippen molar-refractivity contribution >= 4 is 34.1 Å². The molecule has 140 valence electrons. The van der Waals surface area contributed by atoms with Crippen LogP contribution in [0, 0.1) is 13.8 Å². The minimum absolute atomic E-state index is 0.369. The second kappa shape index (κ2) is 6.95. The Kier molecular flexibility index (Phi) is 4.32. The summed E-state index contributed by atoms with van der Waals surface area (Å²) in [7, 11) is 0. The number of aryl methyl sites for hydroxylation is 2. The fourth-order valence-electron chi connectivity index (χ4n) is 2.86. The third kappa shape index (κ3) is 3.32. The molecule has 0 fully saturated rings. The van der Waals surface area contributed by atoms with Crippen LogP contribution in [0.1, 0.15) is 11.3 Å². The van der Waals surface area contributed by atoms with Gasteiger partial charge in [0.25, 0.3) is 0 Å². The second-order valence-electron chi connectivity index (χ2n) is 6.36. The summed E-state index contributed by atoms with van der Waals surface area (Å²) in [5.74, 6) is 0.763. The van der Waals surface area contributed by atoms with E-state index in [9.17, 15) is 4.79 Å². The average molecular weight is 374 g/mol. The molecular weight excluding hydrogens is 356 g/mol. The molecule has 4 rings (SSSR count). The summed E-state index contributed by atoms with van der Waals surface area (Å²) in [4.78, 5) is 25.1. The third-order valence-corrected chi connectivity index (χ3v) is 4.38. The molecule has 4 aromatic rings.